The lowest BCUT2D eigenvalue weighted by Gasteiger charge is -2.35. The standard InChI is InChI=1S/C23H31NO4S/c1-4-13-29(25,26)18(3)22-11-12-27-15-20(22)16-28-21-8-6-19(7-9-21)23-10-5-17(2)14-24-23/h5-10,14,18,20,22H,4,11-13,15-16H2,1-3H3/t18-,20-,22?/m1/s1. The number of nitrogens with zero attached hydrogens (tertiary/aromatic N) is 1. The molecule has 5 nitrogen and oxygen atoms in total. The predicted molar refractivity (Wildman–Crippen MR) is 116 cm³/mol. The third kappa shape index (κ3) is 5.58. The second kappa shape index (κ2) is 9.72. The van der Waals surface area contributed by atoms with Crippen LogP contribution in [0, 0.1) is 18.8 Å². The molecular weight excluding hydrogens is 386 g/mol. The Morgan fingerprint density at radius 2 is 1.97 bits per heavy atom. The van der Waals surface area contributed by atoms with E-state index >= 15 is 0 Å². The molecule has 158 valence electrons. The van der Waals surface area contributed by atoms with E-state index in [1.54, 1.807) is 0 Å². The SMILES string of the molecule is CCCS(=O)(=O)[C@H](C)C1CCOC[C@@H]1COc1ccc(-c2ccc(C)cn2)cc1. The molecule has 1 aromatic carbocycles. The fourth-order valence-electron chi connectivity index (χ4n) is 3.90. The number of benzene rings is 1. The Bertz CT molecular complexity index is 878. The van der Waals surface area contributed by atoms with E-state index < -0.39 is 9.84 Å². The first-order valence-corrected chi connectivity index (χ1v) is 12.1. The van der Waals surface area contributed by atoms with Gasteiger partial charge in [-0.25, -0.2) is 8.42 Å². The molecule has 0 bridgehead atoms. The van der Waals surface area contributed by atoms with Crippen molar-refractivity contribution in [3.8, 4) is 17.0 Å². The highest BCUT2D eigenvalue weighted by Gasteiger charge is 2.36. The Morgan fingerprint density at radius 1 is 1.21 bits per heavy atom. The Morgan fingerprint density at radius 3 is 2.62 bits per heavy atom. The molecule has 1 aliphatic heterocycles. The smallest absolute Gasteiger partial charge is 0.153 e. The number of ether oxygens (including phenoxy) is 2. The quantitative estimate of drug-likeness (QED) is 0.641. The van der Waals surface area contributed by atoms with Crippen LogP contribution in [0.3, 0.4) is 0 Å². The van der Waals surface area contributed by atoms with E-state index in [1.807, 2.05) is 63.4 Å². The molecule has 0 radical (unpaired) electrons. The normalized spacial score (nSPS) is 20.9. The predicted octanol–water partition coefficient (Wildman–Crippen LogP) is 4.30. The Kier molecular flexibility index (Phi) is 7.30. The van der Waals surface area contributed by atoms with E-state index in [-0.39, 0.29) is 22.8 Å². The summed E-state index contributed by atoms with van der Waals surface area (Å²) in [5.41, 5.74) is 3.10. The lowest BCUT2D eigenvalue weighted by Crippen LogP contribution is -2.41. The molecule has 0 amide bonds. The number of hydrogen-bond donors (Lipinski definition) is 0. The van der Waals surface area contributed by atoms with E-state index in [1.165, 1.54) is 0 Å². The van der Waals surface area contributed by atoms with E-state index in [0.717, 1.165) is 29.0 Å². The van der Waals surface area contributed by atoms with Crippen LogP contribution < -0.4 is 4.74 Å². The van der Waals surface area contributed by atoms with Gasteiger partial charge in [-0.05, 0) is 68.5 Å². The van der Waals surface area contributed by atoms with Crippen molar-refractivity contribution in [3.05, 3.63) is 48.2 Å². The maximum atomic E-state index is 12.6. The van der Waals surface area contributed by atoms with Crippen LogP contribution in [0.2, 0.25) is 0 Å². The van der Waals surface area contributed by atoms with Crippen molar-refractivity contribution in [3.63, 3.8) is 0 Å². The highest BCUT2D eigenvalue weighted by atomic mass is 32.2. The molecule has 1 aliphatic rings. The van der Waals surface area contributed by atoms with Gasteiger partial charge in [-0.2, -0.15) is 0 Å². The summed E-state index contributed by atoms with van der Waals surface area (Å²) in [4.78, 5) is 4.45. The Hall–Kier alpha value is -1.92. The van der Waals surface area contributed by atoms with E-state index in [9.17, 15) is 8.42 Å². The van der Waals surface area contributed by atoms with E-state index in [4.69, 9.17) is 9.47 Å². The Labute approximate surface area is 174 Å². The number of aryl methyl sites for hydroxylation is 1. The summed E-state index contributed by atoms with van der Waals surface area (Å²) < 4.78 is 36.8. The maximum absolute atomic E-state index is 12.6. The molecule has 0 spiro atoms. The molecule has 0 saturated carbocycles. The molecule has 6 heteroatoms. The van der Waals surface area contributed by atoms with Gasteiger partial charge in [0.2, 0.25) is 0 Å². The first kappa shape index (κ1) is 21.8. The molecule has 2 aromatic rings. The molecule has 29 heavy (non-hydrogen) atoms. The largest absolute Gasteiger partial charge is 0.493 e. The Balaban J connectivity index is 1.63. The fraction of sp³-hybridized carbons (Fsp3) is 0.522. The van der Waals surface area contributed by atoms with Gasteiger partial charge in [0.05, 0.1) is 29.9 Å². The molecule has 1 fully saturated rings. The van der Waals surface area contributed by atoms with Crippen LogP contribution in [0.5, 0.6) is 5.75 Å². The second-order valence-electron chi connectivity index (χ2n) is 7.92. The number of pyridine rings is 1. The third-order valence-corrected chi connectivity index (χ3v) is 8.18. The summed E-state index contributed by atoms with van der Waals surface area (Å²) in [6.07, 6.45) is 3.27. The minimum atomic E-state index is -3.08. The lowest BCUT2D eigenvalue weighted by atomic mass is 9.86. The summed E-state index contributed by atoms with van der Waals surface area (Å²) in [6, 6.07) is 11.9. The first-order valence-electron chi connectivity index (χ1n) is 10.4. The summed E-state index contributed by atoms with van der Waals surface area (Å²) in [5.74, 6) is 1.16. The summed E-state index contributed by atoms with van der Waals surface area (Å²) in [5, 5.41) is -0.366. The minimum Gasteiger partial charge on any atom is -0.493 e. The van der Waals surface area contributed by atoms with Crippen molar-refractivity contribution < 1.29 is 17.9 Å². The van der Waals surface area contributed by atoms with Gasteiger partial charge in [0.25, 0.3) is 0 Å². The van der Waals surface area contributed by atoms with Crippen LogP contribution in [0.25, 0.3) is 11.3 Å². The minimum absolute atomic E-state index is 0.0660. The van der Waals surface area contributed by atoms with Crippen molar-refractivity contribution in [2.24, 2.45) is 11.8 Å². The average Bonchev–Trinajstić information content (AvgIpc) is 2.73. The summed E-state index contributed by atoms with van der Waals surface area (Å²) in [7, 11) is -3.08. The zero-order valence-electron chi connectivity index (χ0n) is 17.5. The van der Waals surface area contributed by atoms with Gasteiger partial charge < -0.3 is 9.47 Å². The highest BCUT2D eigenvalue weighted by Crippen LogP contribution is 2.30. The van der Waals surface area contributed by atoms with Gasteiger partial charge in [-0.1, -0.05) is 13.0 Å². The highest BCUT2D eigenvalue weighted by molar-refractivity contribution is 7.92. The molecule has 1 unspecified atom stereocenters. The van der Waals surface area contributed by atoms with Crippen LogP contribution in [0.1, 0.15) is 32.3 Å². The molecular formula is C23H31NO4S. The van der Waals surface area contributed by atoms with Gasteiger partial charge in [0, 0.05) is 24.3 Å². The molecule has 0 N–H and O–H groups in total. The number of aromatic nitrogens is 1. The molecule has 1 saturated heterocycles. The summed E-state index contributed by atoms with van der Waals surface area (Å²) in [6.45, 7) is 7.39. The van der Waals surface area contributed by atoms with Gasteiger partial charge in [-0.3, -0.25) is 4.98 Å². The van der Waals surface area contributed by atoms with Crippen LogP contribution in [0.15, 0.2) is 42.6 Å². The maximum Gasteiger partial charge on any atom is 0.153 e. The van der Waals surface area contributed by atoms with Gasteiger partial charge in [0.15, 0.2) is 9.84 Å². The molecule has 2 heterocycles. The number of sulfone groups is 1. The first-order chi connectivity index (χ1) is 13.9. The number of rotatable bonds is 8. The monoisotopic (exact) mass is 417 g/mol. The summed E-state index contributed by atoms with van der Waals surface area (Å²) >= 11 is 0. The molecule has 3 rings (SSSR count). The third-order valence-electron chi connectivity index (χ3n) is 5.72. The topological polar surface area (TPSA) is 65.5 Å². The molecule has 1 aromatic heterocycles. The zero-order chi connectivity index (χ0) is 20.9. The van der Waals surface area contributed by atoms with Crippen molar-refractivity contribution in [2.75, 3.05) is 25.6 Å². The lowest BCUT2D eigenvalue weighted by molar-refractivity contribution is -0.00232. The molecule has 3 atom stereocenters. The van der Waals surface area contributed by atoms with Crippen LogP contribution in [-0.2, 0) is 14.6 Å². The van der Waals surface area contributed by atoms with Crippen molar-refractivity contribution in [2.45, 2.75) is 38.9 Å². The van der Waals surface area contributed by atoms with Crippen LogP contribution in [-0.4, -0.2) is 44.2 Å². The molecule has 0 aliphatic carbocycles. The van der Waals surface area contributed by atoms with E-state index in [2.05, 4.69) is 4.98 Å². The second-order valence-corrected chi connectivity index (χ2v) is 10.4. The van der Waals surface area contributed by atoms with Crippen LogP contribution in [0.4, 0.5) is 0 Å². The average molecular weight is 418 g/mol. The zero-order valence-corrected chi connectivity index (χ0v) is 18.3. The van der Waals surface area contributed by atoms with Crippen LogP contribution >= 0.6 is 0 Å². The van der Waals surface area contributed by atoms with Gasteiger partial charge in [0.1, 0.15) is 5.75 Å². The van der Waals surface area contributed by atoms with Crippen molar-refractivity contribution >= 4 is 9.84 Å². The number of hydrogen-bond acceptors (Lipinski definition) is 5. The van der Waals surface area contributed by atoms with E-state index in [0.29, 0.717) is 26.2 Å². The van der Waals surface area contributed by atoms with Gasteiger partial charge in [-0.15, -0.1) is 0 Å². The van der Waals surface area contributed by atoms with Crippen molar-refractivity contribution in [1.29, 1.82) is 0 Å². The van der Waals surface area contributed by atoms with Gasteiger partial charge >= 0.3 is 0 Å². The van der Waals surface area contributed by atoms with Crippen molar-refractivity contribution in [1.82, 2.24) is 4.98 Å². The fourth-order valence-corrected chi connectivity index (χ4v) is 5.74.